The molecule has 2 aromatic carbocycles. The maximum absolute atomic E-state index is 12.8. The van der Waals surface area contributed by atoms with E-state index in [-0.39, 0.29) is 29.6 Å². The highest BCUT2D eigenvalue weighted by Gasteiger charge is 2.36. The molecule has 2 aromatic rings. The van der Waals surface area contributed by atoms with Gasteiger partial charge in [-0.2, -0.15) is 13.2 Å². The van der Waals surface area contributed by atoms with Crippen LogP contribution in [0.25, 0.3) is 0 Å². The highest BCUT2D eigenvalue weighted by molar-refractivity contribution is 6.33. The summed E-state index contributed by atoms with van der Waals surface area (Å²) in [6.07, 6.45) is -4.56. The maximum Gasteiger partial charge on any atom is 0.416 e. The molecule has 0 radical (unpaired) electrons. The van der Waals surface area contributed by atoms with E-state index < -0.39 is 23.6 Å². The van der Waals surface area contributed by atoms with Gasteiger partial charge in [0.05, 0.1) is 22.2 Å². The summed E-state index contributed by atoms with van der Waals surface area (Å²) >= 11 is 5.89. The van der Waals surface area contributed by atoms with Crippen molar-refractivity contribution in [3.63, 3.8) is 0 Å². The number of carbonyl (C=O) groups is 2. The predicted molar refractivity (Wildman–Crippen MR) is 92.0 cm³/mol. The standard InChI is InChI=1S/C18H14ClF3N2O2/c19-14-7-6-12(18(20,21)22)9-15(14)23-17(26)11-8-16(25)24(10-11)13-4-2-1-3-5-13/h1-7,9,11H,8,10H2,(H,23,26)/t11-/m0/s1. The molecule has 0 unspecified atom stereocenters. The van der Waals surface area contributed by atoms with Crippen LogP contribution in [-0.4, -0.2) is 18.4 Å². The molecule has 1 N–H and O–H groups in total. The minimum absolute atomic E-state index is 0.00408. The second-order valence-electron chi connectivity index (χ2n) is 5.92. The number of alkyl halides is 3. The number of hydrogen-bond donors (Lipinski definition) is 1. The lowest BCUT2D eigenvalue weighted by atomic mass is 10.1. The van der Waals surface area contributed by atoms with E-state index in [0.29, 0.717) is 5.69 Å². The number of benzene rings is 2. The summed E-state index contributed by atoms with van der Waals surface area (Å²) in [6.45, 7) is 0.158. The van der Waals surface area contributed by atoms with Crippen LogP contribution < -0.4 is 10.2 Å². The van der Waals surface area contributed by atoms with E-state index in [4.69, 9.17) is 11.6 Å². The van der Waals surface area contributed by atoms with Gasteiger partial charge in [0.2, 0.25) is 11.8 Å². The van der Waals surface area contributed by atoms with Crippen molar-refractivity contribution in [2.75, 3.05) is 16.8 Å². The van der Waals surface area contributed by atoms with Gasteiger partial charge in [0, 0.05) is 18.7 Å². The van der Waals surface area contributed by atoms with Crippen LogP contribution in [0.4, 0.5) is 24.5 Å². The summed E-state index contributed by atoms with van der Waals surface area (Å²) in [5, 5.41) is 2.40. The number of carbonyl (C=O) groups excluding carboxylic acids is 2. The number of amides is 2. The quantitative estimate of drug-likeness (QED) is 0.858. The van der Waals surface area contributed by atoms with Crippen molar-refractivity contribution in [2.45, 2.75) is 12.6 Å². The molecule has 26 heavy (non-hydrogen) atoms. The molecule has 2 amide bonds. The highest BCUT2D eigenvalue weighted by Crippen LogP contribution is 2.34. The average molecular weight is 383 g/mol. The summed E-state index contributed by atoms with van der Waals surface area (Å²) in [6, 6.07) is 11.6. The summed E-state index contributed by atoms with van der Waals surface area (Å²) < 4.78 is 38.5. The van der Waals surface area contributed by atoms with E-state index in [1.165, 1.54) is 4.90 Å². The summed E-state index contributed by atoms with van der Waals surface area (Å²) in [5.41, 5.74) is -0.368. The minimum Gasteiger partial charge on any atom is -0.324 e. The number of nitrogens with one attached hydrogen (secondary N) is 1. The van der Waals surface area contributed by atoms with Crippen molar-refractivity contribution >= 4 is 34.8 Å². The number of halogens is 4. The molecule has 0 spiro atoms. The van der Waals surface area contributed by atoms with Gasteiger partial charge < -0.3 is 10.2 Å². The van der Waals surface area contributed by atoms with Crippen LogP contribution in [0.15, 0.2) is 48.5 Å². The van der Waals surface area contributed by atoms with Crippen molar-refractivity contribution in [3.05, 3.63) is 59.1 Å². The van der Waals surface area contributed by atoms with Crippen LogP contribution in [0.5, 0.6) is 0 Å². The van der Waals surface area contributed by atoms with Gasteiger partial charge in [0.15, 0.2) is 0 Å². The van der Waals surface area contributed by atoms with Gasteiger partial charge in [0.25, 0.3) is 0 Å². The first kappa shape index (κ1) is 18.3. The molecular formula is C18H14ClF3N2O2. The highest BCUT2D eigenvalue weighted by atomic mass is 35.5. The zero-order valence-corrected chi connectivity index (χ0v) is 14.1. The van der Waals surface area contributed by atoms with Crippen molar-refractivity contribution in [2.24, 2.45) is 5.92 Å². The summed E-state index contributed by atoms with van der Waals surface area (Å²) in [4.78, 5) is 26.1. The smallest absolute Gasteiger partial charge is 0.324 e. The number of nitrogens with zero attached hydrogens (tertiary/aromatic N) is 1. The first-order chi connectivity index (χ1) is 12.3. The molecule has 0 saturated carbocycles. The van der Waals surface area contributed by atoms with Crippen molar-refractivity contribution in [1.29, 1.82) is 0 Å². The zero-order chi connectivity index (χ0) is 18.9. The molecule has 1 saturated heterocycles. The van der Waals surface area contributed by atoms with Crippen molar-refractivity contribution in [3.8, 4) is 0 Å². The molecule has 0 aliphatic carbocycles. The first-order valence-electron chi connectivity index (χ1n) is 7.79. The molecule has 4 nitrogen and oxygen atoms in total. The third-order valence-electron chi connectivity index (χ3n) is 4.12. The van der Waals surface area contributed by atoms with Gasteiger partial charge in [-0.3, -0.25) is 9.59 Å². The molecule has 1 atom stereocenters. The second-order valence-corrected chi connectivity index (χ2v) is 6.33. The van der Waals surface area contributed by atoms with Gasteiger partial charge >= 0.3 is 6.18 Å². The second kappa shape index (κ2) is 6.99. The Hall–Kier alpha value is -2.54. The molecule has 3 rings (SSSR count). The number of para-hydroxylation sites is 1. The van der Waals surface area contributed by atoms with Crippen LogP contribution >= 0.6 is 11.6 Å². The van der Waals surface area contributed by atoms with Crippen LogP contribution in [0.3, 0.4) is 0 Å². The van der Waals surface area contributed by atoms with Crippen LogP contribution in [0.2, 0.25) is 5.02 Å². The topological polar surface area (TPSA) is 49.4 Å². The van der Waals surface area contributed by atoms with Crippen LogP contribution in [0.1, 0.15) is 12.0 Å². The Kier molecular flexibility index (Phi) is 4.91. The van der Waals surface area contributed by atoms with Crippen LogP contribution in [-0.2, 0) is 15.8 Å². The minimum atomic E-state index is -4.54. The van der Waals surface area contributed by atoms with Gasteiger partial charge in [0.1, 0.15) is 0 Å². The third-order valence-corrected chi connectivity index (χ3v) is 4.44. The van der Waals surface area contributed by atoms with E-state index in [1.807, 2.05) is 6.07 Å². The molecule has 1 aliphatic rings. The van der Waals surface area contributed by atoms with Gasteiger partial charge in [-0.1, -0.05) is 29.8 Å². The van der Waals surface area contributed by atoms with Gasteiger partial charge in [-0.25, -0.2) is 0 Å². The molecule has 1 heterocycles. The SMILES string of the molecule is O=C(Nc1cc(C(F)(F)F)ccc1Cl)[C@H]1CC(=O)N(c2ccccc2)C1. The fraction of sp³-hybridized carbons (Fsp3) is 0.222. The summed E-state index contributed by atoms with van der Waals surface area (Å²) in [5.74, 6) is -1.43. The lowest BCUT2D eigenvalue weighted by Gasteiger charge is -2.17. The molecule has 1 fully saturated rings. The lowest BCUT2D eigenvalue weighted by Crippen LogP contribution is -2.28. The van der Waals surface area contributed by atoms with E-state index in [9.17, 15) is 22.8 Å². The van der Waals surface area contributed by atoms with E-state index >= 15 is 0 Å². The Morgan fingerprint density at radius 2 is 1.85 bits per heavy atom. The van der Waals surface area contributed by atoms with Crippen LogP contribution in [0, 0.1) is 5.92 Å². The normalized spacial score (nSPS) is 17.5. The zero-order valence-electron chi connectivity index (χ0n) is 13.4. The van der Waals surface area contributed by atoms with Gasteiger partial charge in [-0.05, 0) is 30.3 Å². The van der Waals surface area contributed by atoms with Crippen molar-refractivity contribution in [1.82, 2.24) is 0 Å². The molecule has 1 aliphatic heterocycles. The van der Waals surface area contributed by atoms with Gasteiger partial charge in [-0.15, -0.1) is 0 Å². The third kappa shape index (κ3) is 3.83. The first-order valence-corrected chi connectivity index (χ1v) is 8.16. The fourth-order valence-electron chi connectivity index (χ4n) is 2.77. The van der Waals surface area contributed by atoms with E-state index in [1.54, 1.807) is 24.3 Å². The van der Waals surface area contributed by atoms with E-state index in [2.05, 4.69) is 5.32 Å². The lowest BCUT2D eigenvalue weighted by molar-refractivity contribution is -0.137. The Morgan fingerprint density at radius 3 is 2.50 bits per heavy atom. The number of hydrogen-bond acceptors (Lipinski definition) is 2. The Balaban J connectivity index is 1.74. The molecule has 8 heteroatoms. The fourth-order valence-corrected chi connectivity index (χ4v) is 2.94. The van der Waals surface area contributed by atoms with Crippen molar-refractivity contribution < 1.29 is 22.8 Å². The maximum atomic E-state index is 12.8. The Labute approximate surface area is 152 Å². The number of rotatable bonds is 3. The Bertz CT molecular complexity index is 840. The Morgan fingerprint density at radius 1 is 1.15 bits per heavy atom. The molecular weight excluding hydrogens is 369 g/mol. The average Bonchev–Trinajstić information content (AvgIpc) is 2.98. The molecule has 136 valence electrons. The monoisotopic (exact) mass is 382 g/mol. The summed E-state index contributed by atoms with van der Waals surface area (Å²) in [7, 11) is 0. The van der Waals surface area contributed by atoms with E-state index in [0.717, 1.165) is 18.2 Å². The largest absolute Gasteiger partial charge is 0.416 e. The molecule has 0 bridgehead atoms. The predicted octanol–water partition coefficient (Wildman–Crippen LogP) is 4.35. The number of anilines is 2. The molecule has 0 aromatic heterocycles.